The van der Waals surface area contributed by atoms with Gasteiger partial charge in [-0.2, -0.15) is 4.98 Å². The fraction of sp³-hybridized carbons (Fsp3) is 0.364. The molecule has 0 unspecified atom stereocenters. The Hall–Kier alpha value is -1.07. The highest BCUT2D eigenvalue weighted by molar-refractivity contribution is 7.98. The average Bonchev–Trinajstić information content (AvgIpc) is 2.77. The van der Waals surface area contributed by atoms with Gasteiger partial charge in [0.1, 0.15) is 5.03 Å². The van der Waals surface area contributed by atoms with E-state index in [2.05, 4.69) is 15.1 Å². The van der Waals surface area contributed by atoms with Gasteiger partial charge in [0.05, 0.1) is 10.8 Å². The molecule has 90 valence electrons. The first-order valence-corrected chi connectivity index (χ1v) is 6.59. The molecule has 0 N–H and O–H groups in total. The van der Waals surface area contributed by atoms with Crippen LogP contribution in [-0.4, -0.2) is 15.1 Å². The second-order valence-electron chi connectivity index (χ2n) is 3.78. The summed E-state index contributed by atoms with van der Waals surface area (Å²) in [7, 11) is 0. The monoisotopic (exact) mass is 269 g/mol. The fourth-order valence-electron chi connectivity index (χ4n) is 1.17. The summed E-state index contributed by atoms with van der Waals surface area (Å²) in [6.45, 7) is 4.05. The first-order valence-electron chi connectivity index (χ1n) is 5.22. The molecule has 0 aliphatic rings. The molecule has 0 saturated heterocycles. The van der Waals surface area contributed by atoms with Crippen LogP contribution in [-0.2, 0) is 5.75 Å². The summed E-state index contributed by atoms with van der Waals surface area (Å²) in [5.74, 6) is 2.18. The van der Waals surface area contributed by atoms with Gasteiger partial charge >= 0.3 is 0 Å². The van der Waals surface area contributed by atoms with Crippen LogP contribution in [0.1, 0.15) is 31.5 Å². The van der Waals surface area contributed by atoms with Crippen molar-refractivity contribution in [3.8, 4) is 0 Å². The topological polar surface area (TPSA) is 51.8 Å². The molecule has 0 atom stereocenters. The Labute approximate surface area is 109 Å². The first kappa shape index (κ1) is 12.4. The Bertz CT molecular complexity index is 501. The van der Waals surface area contributed by atoms with Crippen molar-refractivity contribution in [3.05, 3.63) is 35.1 Å². The number of hydrogen-bond donors (Lipinski definition) is 0. The predicted molar refractivity (Wildman–Crippen MR) is 67.2 cm³/mol. The van der Waals surface area contributed by atoms with Crippen LogP contribution in [0.4, 0.5) is 0 Å². The quantitative estimate of drug-likeness (QED) is 0.795. The summed E-state index contributed by atoms with van der Waals surface area (Å²) in [5, 5.41) is 5.31. The van der Waals surface area contributed by atoms with Crippen LogP contribution in [0, 0.1) is 0 Å². The van der Waals surface area contributed by atoms with Crippen LogP contribution < -0.4 is 0 Å². The largest absolute Gasteiger partial charge is 0.338 e. The van der Waals surface area contributed by atoms with E-state index in [4.69, 9.17) is 16.1 Å². The lowest BCUT2D eigenvalue weighted by Gasteiger charge is -1.99. The van der Waals surface area contributed by atoms with Crippen molar-refractivity contribution in [2.24, 2.45) is 0 Å². The Morgan fingerprint density at radius 3 is 2.94 bits per heavy atom. The van der Waals surface area contributed by atoms with Crippen molar-refractivity contribution in [1.29, 1.82) is 0 Å². The van der Waals surface area contributed by atoms with Crippen LogP contribution in [0.5, 0.6) is 0 Å². The highest BCUT2D eigenvalue weighted by Gasteiger charge is 2.10. The predicted octanol–water partition coefficient (Wildman–Crippen LogP) is 3.53. The minimum absolute atomic E-state index is 0.274. The molecular weight excluding hydrogens is 258 g/mol. The lowest BCUT2D eigenvalue weighted by molar-refractivity contribution is 0.383. The molecule has 2 aromatic heterocycles. The highest BCUT2D eigenvalue weighted by Crippen LogP contribution is 2.26. The van der Waals surface area contributed by atoms with Gasteiger partial charge in [-0.3, -0.25) is 0 Å². The molecule has 0 fully saturated rings. The molecule has 4 nitrogen and oxygen atoms in total. The van der Waals surface area contributed by atoms with Gasteiger partial charge in [0.25, 0.3) is 0 Å². The van der Waals surface area contributed by atoms with E-state index in [-0.39, 0.29) is 5.92 Å². The molecule has 0 aromatic carbocycles. The molecule has 0 aliphatic carbocycles. The molecule has 6 heteroatoms. The van der Waals surface area contributed by atoms with Crippen LogP contribution in [0.3, 0.4) is 0 Å². The third-order valence-corrected chi connectivity index (χ3v) is 3.46. The third-order valence-electron chi connectivity index (χ3n) is 2.06. The molecule has 0 saturated carbocycles. The number of nitrogens with zero attached hydrogens (tertiary/aromatic N) is 3. The molecule has 0 amide bonds. The zero-order chi connectivity index (χ0) is 12.3. The van der Waals surface area contributed by atoms with Gasteiger partial charge in [0, 0.05) is 12.1 Å². The first-order chi connectivity index (χ1) is 8.16. The van der Waals surface area contributed by atoms with Gasteiger partial charge in [-0.1, -0.05) is 42.4 Å². The summed E-state index contributed by atoms with van der Waals surface area (Å²) >= 11 is 7.48. The van der Waals surface area contributed by atoms with Crippen molar-refractivity contribution in [1.82, 2.24) is 15.1 Å². The minimum atomic E-state index is 0.274. The second-order valence-corrected chi connectivity index (χ2v) is 5.15. The van der Waals surface area contributed by atoms with Crippen molar-refractivity contribution >= 4 is 23.4 Å². The van der Waals surface area contributed by atoms with Gasteiger partial charge in [-0.15, -0.1) is 0 Å². The lowest BCUT2D eigenvalue weighted by atomic mass is 10.2. The van der Waals surface area contributed by atoms with Gasteiger partial charge in [0.2, 0.25) is 5.89 Å². The van der Waals surface area contributed by atoms with Gasteiger partial charge in [-0.05, 0) is 12.1 Å². The molecule has 17 heavy (non-hydrogen) atoms. The molecule has 0 bridgehead atoms. The van der Waals surface area contributed by atoms with E-state index in [0.29, 0.717) is 16.7 Å². The van der Waals surface area contributed by atoms with Gasteiger partial charge in [-0.25, -0.2) is 4.98 Å². The number of pyridine rings is 1. The van der Waals surface area contributed by atoms with E-state index in [1.165, 1.54) is 11.8 Å². The van der Waals surface area contributed by atoms with Crippen molar-refractivity contribution in [2.75, 3.05) is 0 Å². The summed E-state index contributed by atoms with van der Waals surface area (Å²) in [6.07, 6.45) is 1.71. The van der Waals surface area contributed by atoms with Crippen molar-refractivity contribution in [2.45, 2.75) is 30.5 Å². The zero-order valence-corrected chi connectivity index (χ0v) is 11.1. The molecular formula is C11H12ClN3OS. The van der Waals surface area contributed by atoms with Crippen LogP contribution in [0.15, 0.2) is 27.9 Å². The lowest BCUT2D eigenvalue weighted by Crippen LogP contribution is -1.90. The molecule has 2 rings (SSSR count). The maximum atomic E-state index is 6.00. The number of thioether (sulfide) groups is 1. The fourth-order valence-corrected chi connectivity index (χ4v) is 2.17. The SMILES string of the molecule is CC(C)c1noc(CSc2ncccc2Cl)n1. The van der Waals surface area contributed by atoms with E-state index >= 15 is 0 Å². The van der Waals surface area contributed by atoms with Crippen molar-refractivity contribution in [3.63, 3.8) is 0 Å². The summed E-state index contributed by atoms with van der Waals surface area (Å²) in [6, 6.07) is 3.61. The van der Waals surface area contributed by atoms with Gasteiger partial charge < -0.3 is 4.52 Å². The highest BCUT2D eigenvalue weighted by atomic mass is 35.5. The number of hydrogen-bond acceptors (Lipinski definition) is 5. The van der Waals surface area contributed by atoms with Crippen LogP contribution >= 0.6 is 23.4 Å². The van der Waals surface area contributed by atoms with E-state index < -0.39 is 0 Å². The molecule has 2 aromatic rings. The zero-order valence-electron chi connectivity index (χ0n) is 9.55. The number of rotatable bonds is 4. The minimum Gasteiger partial charge on any atom is -0.338 e. The Morgan fingerprint density at radius 2 is 2.29 bits per heavy atom. The smallest absolute Gasteiger partial charge is 0.237 e. The molecule has 0 spiro atoms. The Balaban J connectivity index is 2.00. The summed E-state index contributed by atoms with van der Waals surface area (Å²) in [5.41, 5.74) is 0. The van der Waals surface area contributed by atoms with E-state index in [9.17, 15) is 0 Å². The standard InChI is InChI=1S/C11H12ClN3OS/c1-7(2)10-14-9(16-15-10)6-17-11-8(12)4-3-5-13-11/h3-5,7H,6H2,1-2H3. The van der Waals surface area contributed by atoms with Gasteiger partial charge in [0.15, 0.2) is 5.82 Å². The number of aromatic nitrogens is 3. The van der Waals surface area contributed by atoms with Crippen LogP contribution in [0.25, 0.3) is 0 Å². The van der Waals surface area contributed by atoms with E-state index in [0.717, 1.165) is 10.9 Å². The summed E-state index contributed by atoms with van der Waals surface area (Å²) < 4.78 is 5.13. The van der Waals surface area contributed by atoms with Crippen molar-refractivity contribution < 1.29 is 4.52 Å². The molecule has 2 heterocycles. The molecule has 0 radical (unpaired) electrons. The Kier molecular flexibility index (Phi) is 4.02. The summed E-state index contributed by atoms with van der Waals surface area (Å²) in [4.78, 5) is 8.46. The second kappa shape index (κ2) is 5.51. The maximum absolute atomic E-state index is 6.00. The number of halogens is 1. The normalized spacial score (nSPS) is 11.1. The average molecular weight is 270 g/mol. The Morgan fingerprint density at radius 1 is 1.47 bits per heavy atom. The maximum Gasteiger partial charge on any atom is 0.237 e. The molecule has 0 aliphatic heterocycles. The van der Waals surface area contributed by atoms with E-state index in [1.807, 2.05) is 19.9 Å². The van der Waals surface area contributed by atoms with Crippen LogP contribution in [0.2, 0.25) is 5.02 Å². The van der Waals surface area contributed by atoms with E-state index in [1.54, 1.807) is 12.3 Å². The third kappa shape index (κ3) is 3.20.